The number of hydrogen-bond acceptors (Lipinski definition) is 3. The minimum atomic E-state index is -3.24. The molecule has 0 amide bonds. The third-order valence-corrected chi connectivity index (χ3v) is 3.03. The summed E-state index contributed by atoms with van der Waals surface area (Å²) >= 11 is 0. The van der Waals surface area contributed by atoms with E-state index in [2.05, 4.69) is 0 Å². The van der Waals surface area contributed by atoms with Gasteiger partial charge in [0, 0.05) is 0 Å². The lowest BCUT2D eigenvalue weighted by molar-refractivity contribution is 0.596. The second kappa shape index (κ2) is 3.25. The Bertz CT molecular complexity index is 353. The van der Waals surface area contributed by atoms with Crippen molar-refractivity contribution in [2.45, 2.75) is 11.8 Å². The summed E-state index contributed by atoms with van der Waals surface area (Å²) in [6, 6.07) is 6.64. The normalized spacial score (nSPS) is 11.5. The van der Waals surface area contributed by atoms with Crippen LogP contribution in [-0.4, -0.2) is 14.3 Å². The van der Waals surface area contributed by atoms with Gasteiger partial charge in [0.1, 0.15) is 5.88 Å². The average molecular weight is 185 g/mol. The quantitative estimate of drug-likeness (QED) is 0.737. The maximum atomic E-state index is 11.2. The Morgan fingerprint density at radius 1 is 1.25 bits per heavy atom. The van der Waals surface area contributed by atoms with E-state index in [0.29, 0.717) is 0 Å². The van der Waals surface area contributed by atoms with Gasteiger partial charge in [-0.3, -0.25) is 0 Å². The highest BCUT2D eigenvalue weighted by atomic mass is 32.2. The van der Waals surface area contributed by atoms with Gasteiger partial charge in [-0.05, 0) is 19.1 Å². The van der Waals surface area contributed by atoms with Gasteiger partial charge in [-0.15, -0.1) is 0 Å². The van der Waals surface area contributed by atoms with E-state index < -0.39 is 9.84 Å². The van der Waals surface area contributed by atoms with Crippen LogP contribution in [0.3, 0.4) is 0 Å². The average Bonchev–Trinajstić information content (AvgIpc) is 2.05. The molecule has 0 saturated heterocycles. The molecule has 12 heavy (non-hydrogen) atoms. The van der Waals surface area contributed by atoms with Crippen LogP contribution in [0.25, 0.3) is 0 Å². The van der Waals surface area contributed by atoms with Gasteiger partial charge < -0.3 is 5.73 Å². The Hall–Kier alpha value is -0.870. The molecular formula is C8H11NO2S. The Balaban J connectivity index is 3.14. The van der Waals surface area contributed by atoms with Crippen molar-refractivity contribution >= 4 is 9.84 Å². The third-order valence-electron chi connectivity index (χ3n) is 1.60. The lowest BCUT2D eigenvalue weighted by atomic mass is 10.2. The van der Waals surface area contributed by atoms with Gasteiger partial charge in [0.25, 0.3) is 0 Å². The minimum Gasteiger partial charge on any atom is -0.317 e. The lowest BCUT2D eigenvalue weighted by Crippen LogP contribution is -2.14. The molecule has 0 aromatic heterocycles. The molecule has 0 fully saturated rings. The van der Waals surface area contributed by atoms with Crippen LogP contribution >= 0.6 is 0 Å². The summed E-state index contributed by atoms with van der Waals surface area (Å²) in [4.78, 5) is 0.288. The van der Waals surface area contributed by atoms with Crippen molar-refractivity contribution in [1.29, 1.82) is 0 Å². The predicted molar refractivity (Wildman–Crippen MR) is 47.4 cm³/mol. The maximum Gasteiger partial charge on any atom is 0.191 e. The molecule has 0 aliphatic rings. The second-order valence-electron chi connectivity index (χ2n) is 2.59. The van der Waals surface area contributed by atoms with Crippen LogP contribution in [0.2, 0.25) is 0 Å². The van der Waals surface area contributed by atoms with Gasteiger partial charge in [-0.25, -0.2) is 8.42 Å². The third kappa shape index (κ3) is 1.84. The van der Waals surface area contributed by atoms with Gasteiger partial charge in [0.2, 0.25) is 0 Å². The van der Waals surface area contributed by atoms with E-state index in [4.69, 9.17) is 5.73 Å². The van der Waals surface area contributed by atoms with E-state index in [1.807, 2.05) is 6.92 Å². The van der Waals surface area contributed by atoms with E-state index in [9.17, 15) is 8.42 Å². The first-order valence-corrected chi connectivity index (χ1v) is 5.21. The largest absolute Gasteiger partial charge is 0.317 e. The number of rotatable bonds is 2. The zero-order valence-electron chi connectivity index (χ0n) is 6.82. The summed E-state index contributed by atoms with van der Waals surface area (Å²) in [5.74, 6) is -0.337. The fourth-order valence-electron chi connectivity index (χ4n) is 0.842. The van der Waals surface area contributed by atoms with Crippen molar-refractivity contribution < 1.29 is 8.42 Å². The number of aryl methyl sites for hydroxylation is 1. The first-order chi connectivity index (χ1) is 5.56. The standard InChI is InChI=1S/C8H11NO2S/c1-7-2-4-8(5-3-7)12(10,11)6-9/h2-5H,6,9H2,1H3. The Morgan fingerprint density at radius 2 is 1.75 bits per heavy atom. The molecular weight excluding hydrogens is 174 g/mol. The summed E-state index contributed by atoms with van der Waals surface area (Å²) in [6.45, 7) is 1.90. The molecule has 1 aromatic rings. The van der Waals surface area contributed by atoms with Gasteiger partial charge >= 0.3 is 0 Å². The topological polar surface area (TPSA) is 60.2 Å². The highest BCUT2D eigenvalue weighted by Crippen LogP contribution is 2.10. The smallest absolute Gasteiger partial charge is 0.191 e. The Kier molecular flexibility index (Phi) is 2.49. The lowest BCUT2D eigenvalue weighted by Gasteiger charge is -2.00. The number of hydrogen-bond donors (Lipinski definition) is 1. The molecule has 0 unspecified atom stereocenters. The summed E-state index contributed by atoms with van der Waals surface area (Å²) < 4.78 is 22.4. The molecule has 0 saturated carbocycles. The van der Waals surface area contributed by atoms with E-state index in [0.717, 1.165) is 5.56 Å². The second-order valence-corrected chi connectivity index (χ2v) is 4.63. The van der Waals surface area contributed by atoms with Crippen LogP contribution in [0.1, 0.15) is 5.56 Å². The molecule has 1 aromatic carbocycles. The molecule has 0 heterocycles. The fourth-order valence-corrected chi connectivity index (χ4v) is 1.59. The van der Waals surface area contributed by atoms with Gasteiger partial charge in [0.05, 0.1) is 4.90 Å². The predicted octanol–water partition coefficient (Wildman–Crippen LogP) is 0.685. The van der Waals surface area contributed by atoms with Gasteiger partial charge in [-0.1, -0.05) is 17.7 Å². The van der Waals surface area contributed by atoms with Crippen LogP contribution < -0.4 is 5.73 Å². The van der Waals surface area contributed by atoms with Crippen molar-refractivity contribution in [2.75, 3.05) is 5.88 Å². The first-order valence-electron chi connectivity index (χ1n) is 3.56. The number of sulfone groups is 1. The molecule has 0 atom stereocenters. The van der Waals surface area contributed by atoms with E-state index >= 15 is 0 Å². The van der Waals surface area contributed by atoms with Crippen molar-refractivity contribution in [2.24, 2.45) is 5.73 Å². The molecule has 2 N–H and O–H groups in total. The minimum absolute atomic E-state index is 0.288. The summed E-state index contributed by atoms with van der Waals surface area (Å²) in [5.41, 5.74) is 6.12. The molecule has 4 heteroatoms. The van der Waals surface area contributed by atoms with Crippen molar-refractivity contribution in [3.63, 3.8) is 0 Å². The van der Waals surface area contributed by atoms with Crippen LogP contribution in [0, 0.1) is 6.92 Å². The highest BCUT2D eigenvalue weighted by Gasteiger charge is 2.09. The zero-order valence-corrected chi connectivity index (χ0v) is 7.64. The van der Waals surface area contributed by atoms with Crippen LogP contribution in [-0.2, 0) is 9.84 Å². The van der Waals surface area contributed by atoms with Crippen molar-refractivity contribution in [3.05, 3.63) is 29.8 Å². The summed E-state index contributed by atoms with van der Waals surface area (Å²) in [5, 5.41) is 0. The van der Waals surface area contributed by atoms with Gasteiger partial charge in [0.15, 0.2) is 9.84 Å². The Labute approximate surface area is 72.1 Å². The number of benzene rings is 1. The first kappa shape index (κ1) is 9.22. The molecule has 0 radical (unpaired) electrons. The highest BCUT2D eigenvalue weighted by molar-refractivity contribution is 7.91. The van der Waals surface area contributed by atoms with E-state index in [1.54, 1.807) is 24.3 Å². The molecule has 0 aliphatic heterocycles. The monoisotopic (exact) mass is 185 g/mol. The summed E-state index contributed by atoms with van der Waals surface area (Å²) in [6.07, 6.45) is 0. The molecule has 3 nitrogen and oxygen atoms in total. The summed E-state index contributed by atoms with van der Waals surface area (Å²) in [7, 11) is -3.24. The molecule has 66 valence electrons. The zero-order chi connectivity index (χ0) is 9.19. The maximum absolute atomic E-state index is 11.2. The molecule has 0 aliphatic carbocycles. The van der Waals surface area contributed by atoms with Crippen molar-refractivity contribution in [1.82, 2.24) is 0 Å². The van der Waals surface area contributed by atoms with E-state index in [1.165, 1.54) is 0 Å². The van der Waals surface area contributed by atoms with Gasteiger partial charge in [-0.2, -0.15) is 0 Å². The molecule has 1 rings (SSSR count). The fraction of sp³-hybridized carbons (Fsp3) is 0.250. The molecule has 0 bridgehead atoms. The number of nitrogens with two attached hydrogens (primary N) is 1. The Morgan fingerprint density at radius 3 is 2.17 bits per heavy atom. The SMILES string of the molecule is Cc1ccc(S(=O)(=O)CN)cc1. The van der Waals surface area contributed by atoms with Crippen LogP contribution in [0.5, 0.6) is 0 Å². The van der Waals surface area contributed by atoms with Crippen molar-refractivity contribution in [3.8, 4) is 0 Å². The van der Waals surface area contributed by atoms with Crippen LogP contribution in [0.15, 0.2) is 29.2 Å². The van der Waals surface area contributed by atoms with Crippen LogP contribution in [0.4, 0.5) is 0 Å². The molecule has 0 spiro atoms. The van der Waals surface area contributed by atoms with E-state index in [-0.39, 0.29) is 10.8 Å².